The first kappa shape index (κ1) is 11.2. The molecule has 3 nitrogen and oxygen atoms in total. The van der Waals surface area contributed by atoms with E-state index in [1.54, 1.807) is 0 Å². The van der Waals surface area contributed by atoms with Crippen molar-refractivity contribution in [2.75, 3.05) is 7.11 Å². The van der Waals surface area contributed by atoms with Crippen LogP contribution in [-0.4, -0.2) is 18.4 Å². The van der Waals surface area contributed by atoms with E-state index in [4.69, 9.17) is 5.11 Å². The van der Waals surface area contributed by atoms with Crippen molar-refractivity contribution in [1.29, 1.82) is 0 Å². The third-order valence-electron chi connectivity index (χ3n) is 2.42. The molecule has 0 fully saturated rings. The molecule has 1 N–H and O–H groups in total. The van der Waals surface area contributed by atoms with Crippen molar-refractivity contribution >= 4 is 0 Å². The van der Waals surface area contributed by atoms with Crippen molar-refractivity contribution in [2.24, 2.45) is 0 Å². The maximum Gasteiger partial charge on any atom is 0.431 e. The molecule has 0 saturated heterocycles. The molecule has 2 bridgehead atoms. The van der Waals surface area contributed by atoms with Gasteiger partial charge in [-0.15, -0.1) is 0 Å². The Morgan fingerprint density at radius 2 is 1.94 bits per heavy atom. The largest absolute Gasteiger partial charge is 0.493 e. The SMILES string of the molecule is COc1cc2oc1C(F)(F)C2(O)C(F)(F)F. The molecule has 1 aliphatic rings. The molecule has 1 unspecified atom stereocenters. The number of hydrogen-bond acceptors (Lipinski definition) is 3. The lowest BCUT2D eigenvalue weighted by atomic mass is 9.88. The van der Waals surface area contributed by atoms with Crippen molar-refractivity contribution in [3.8, 4) is 5.75 Å². The van der Waals surface area contributed by atoms with E-state index in [-0.39, 0.29) is 0 Å². The van der Waals surface area contributed by atoms with Gasteiger partial charge in [-0.3, -0.25) is 0 Å². The maximum atomic E-state index is 13.3. The van der Waals surface area contributed by atoms with Crippen LogP contribution in [0.4, 0.5) is 22.0 Å². The predicted molar refractivity (Wildman–Crippen MR) is 39.1 cm³/mol. The number of fused-ring (bicyclic) bond motifs is 2. The van der Waals surface area contributed by atoms with Crippen LogP contribution in [-0.2, 0) is 11.5 Å². The van der Waals surface area contributed by atoms with Gasteiger partial charge in [-0.2, -0.15) is 22.0 Å². The standard InChI is InChI=1S/C8H5F5O3/c1-15-3-2-4-6(14,8(11,12)13)7(9,10)5(3)16-4/h2,14H,1H3. The van der Waals surface area contributed by atoms with Crippen molar-refractivity contribution in [2.45, 2.75) is 17.7 Å². The number of aliphatic hydroxyl groups is 1. The Bertz CT molecular complexity index is 435. The van der Waals surface area contributed by atoms with Crippen LogP contribution < -0.4 is 4.74 Å². The Morgan fingerprint density at radius 1 is 1.38 bits per heavy atom. The molecule has 0 spiro atoms. The molecule has 0 radical (unpaired) electrons. The molecule has 1 aromatic heterocycles. The van der Waals surface area contributed by atoms with E-state index < -0.39 is 35.0 Å². The van der Waals surface area contributed by atoms with Gasteiger partial charge in [-0.05, 0) is 0 Å². The fourth-order valence-corrected chi connectivity index (χ4v) is 1.56. The van der Waals surface area contributed by atoms with Crippen molar-refractivity contribution < 1.29 is 36.2 Å². The molecule has 1 aromatic rings. The Morgan fingerprint density at radius 3 is 2.31 bits per heavy atom. The van der Waals surface area contributed by atoms with Gasteiger partial charge in [-0.25, -0.2) is 0 Å². The number of furan rings is 1. The summed E-state index contributed by atoms with van der Waals surface area (Å²) in [5.74, 6) is -7.68. The van der Waals surface area contributed by atoms with Crippen LogP contribution in [0.1, 0.15) is 11.5 Å². The van der Waals surface area contributed by atoms with Gasteiger partial charge in [0.2, 0.25) is 5.76 Å². The third kappa shape index (κ3) is 0.952. The molecule has 0 aliphatic carbocycles. The first-order chi connectivity index (χ1) is 7.16. The van der Waals surface area contributed by atoms with Gasteiger partial charge in [0, 0.05) is 6.07 Å². The van der Waals surface area contributed by atoms with Crippen molar-refractivity contribution in [3.05, 3.63) is 17.6 Å². The van der Waals surface area contributed by atoms with E-state index in [1.807, 2.05) is 0 Å². The highest BCUT2D eigenvalue weighted by molar-refractivity contribution is 5.43. The van der Waals surface area contributed by atoms with Crippen LogP contribution >= 0.6 is 0 Å². The quantitative estimate of drug-likeness (QED) is 0.769. The van der Waals surface area contributed by atoms with E-state index in [1.165, 1.54) is 0 Å². The molecule has 1 aliphatic heterocycles. The zero-order valence-electron chi connectivity index (χ0n) is 7.73. The van der Waals surface area contributed by atoms with Crippen LogP contribution in [0.2, 0.25) is 0 Å². The molecule has 2 rings (SSSR count). The molecule has 90 valence electrons. The fraction of sp³-hybridized carbons (Fsp3) is 0.500. The number of alkyl halides is 5. The number of rotatable bonds is 1. The van der Waals surface area contributed by atoms with Crippen molar-refractivity contribution in [3.63, 3.8) is 0 Å². The second kappa shape index (κ2) is 2.68. The number of halogens is 5. The van der Waals surface area contributed by atoms with Gasteiger partial charge in [-0.1, -0.05) is 0 Å². The normalized spacial score (nSPS) is 27.2. The molecule has 0 amide bonds. The second-order valence-electron chi connectivity index (χ2n) is 3.29. The molecule has 1 atom stereocenters. The maximum absolute atomic E-state index is 13.3. The summed E-state index contributed by atoms with van der Waals surface area (Å²) in [6.07, 6.45) is -5.54. The minimum absolute atomic E-state index is 0.520. The summed E-state index contributed by atoms with van der Waals surface area (Å²) >= 11 is 0. The van der Waals surface area contributed by atoms with Crippen LogP contribution in [0.15, 0.2) is 10.5 Å². The minimum atomic E-state index is -5.54. The smallest absolute Gasteiger partial charge is 0.431 e. The van der Waals surface area contributed by atoms with Gasteiger partial charge in [0.15, 0.2) is 11.5 Å². The lowest BCUT2D eigenvalue weighted by Gasteiger charge is -2.31. The molecular formula is C8H5F5O3. The monoisotopic (exact) mass is 244 g/mol. The molecule has 16 heavy (non-hydrogen) atoms. The third-order valence-corrected chi connectivity index (χ3v) is 2.42. The molecule has 0 saturated carbocycles. The Labute approximate surface area is 85.4 Å². The highest BCUT2D eigenvalue weighted by Crippen LogP contribution is 2.62. The summed E-state index contributed by atoms with van der Waals surface area (Å²) in [5.41, 5.74) is -4.31. The molecule has 2 heterocycles. The summed E-state index contributed by atoms with van der Waals surface area (Å²) < 4.78 is 72.6. The topological polar surface area (TPSA) is 42.6 Å². The van der Waals surface area contributed by atoms with Gasteiger partial charge < -0.3 is 14.3 Å². The summed E-state index contributed by atoms with van der Waals surface area (Å²) in [6.45, 7) is 0. The van der Waals surface area contributed by atoms with Crippen LogP contribution in [0.3, 0.4) is 0 Å². The average Bonchev–Trinajstić information content (AvgIpc) is 2.64. The Balaban J connectivity index is 2.64. The van der Waals surface area contributed by atoms with Crippen molar-refractivity contribution in [1.82, 2.24) is 0 Å². The zero-order valence-corrected chi connectivity index (χ0v) is 7.73. The lowest BCUT2D eigenvalue weighted by Crippen LogP contribution is -2.52. The lowest BCUT2D eigenvalue weighted by molar-refractivity contribution is -0.342. The first-order valence-corrected chi connectivity index (χ1v) is 4.02. The number of hydrogen-bond donors (Lipinski definition) is 1. The van der Waals surface area contributed by atoms with Crippen LogP contribution in [0, 0.1) is 0 Å². The van der Waals surface area contributed by atoms with E-state index in [0.29, 0.717) is 6.07 Å². The van der Waals surface area contributed by atoms with Crippen LogP contribution in [0.25, 0.3) is 0 Å². The average molecular weight is 244 g/mol. The van der Waals surface area contributed by atoms with Crippen LogP contribution in [0.5, 0.6) is 5.75 Å². The number of methoxy groups -OCH3 is 1. The van der Waals surface area contributed by atoms with Gasteiger partial charge >= 0.3 is 12.1 Å². The van der Waals surface area contributed by atoms with Gasteiger partial charge in [0.25, 0.3) is 5.60 Å². The van der Waals surface area contributed by atoms with Gasteiger partial charge in [0.05, 0.1) is 7.11 Å². The van der Waals surface area contributed by atoms with E-state index in [9.17, 15) is 22.0 Å². The summed E-state index contributed by atoms with van der Waals surface area (Å²) in [6, 6.07) is 0.597. The summed E-state index contributed by atoms with van der Waals surface area (Å²) in [5, 5.41) is 9.10. The summed E-state index contributed by atoms with van der Waals surface area (Å²) in [7, 11) is 1.01. The van der Waals surface area contributed by atoms with E-state index in [2.05, 4.69) is 9.15 Å². The van der Waals surface area contributed by atoms with E-state index >= 15 is 0 Å². The molecule has 8 heteroatoms. The second-order valence-corrected chi connectivity index (χ2v) is 3.29. The van der Waals surface area contributed by atoms with Gasteiger partial charge in [0.1, 0.15) is 0 Å². The first-order valence-electron chi connectivity index (χ1n) is 4.02. The highest BCUT2D eigenvalue weighted by Gasteiger charge is 2.78. The minimum Gasteiger partial charge on any atom is -0.493 e. The Kier molecular flexibility index (Phi) is 1.87. The van der Waals surface area contributed by atoms with E-state index in [0.717, 1.165) is 7.11 Å². The molecule has 0 aromatic carbocycles. The Hall–Kier alpha value is -1.31. The number of ether oxygens (including phenoxy) is 1. The predicted octanol–water partition coefficient (Wildman–Crippen LogP) is 2.14. The molecular weight excluding hydrogens is 239 g/mol. The zero-order chi connectivity index (χ0) is 12.4. The fourth-order valence-electron chi connectivity index (χ4n) is 1.56. The highest BCUT2D eigenvalue weighted by atomic mass is 19.4. The summed E-state index contributed by atoms with van der Waals surface area (Å²) in [4.78, 5) is 0.